The van der Waals surface area contributed by atoms with E-state index in [1.54, 1.807) is 0 Å². The summed E-state index contributed by atoms with van der Waals surface area (Å²) < 4.78 is 61.0. The lowest BCUT2D eigenvalue weighted by Gasteiger charge is -2.23. The molecule has 0 bridgehead atoms. The highest BCUT2D eigenvalue weighted by Gasteiger charge is 2.34. The van der Waals surface area contributed by atoms with Gasteiger partial charge in [-0.05, 0) is 36.1 Å². The molecule has 0 aliphatic rings. The number of hydrogen-bond acceptors (Lipinski definition) is 5. The molecule has 0 saturated heterocycles. The molecular formula is C21H25F3NO6P. The van der Waals surface area contributed by atoms with Crippen molar-refractivity contribution in [1.29, 1.82) is 0 Å². The molecule has 2 aromatic carbocycles. The maximum atomic E-state index is 13.5. The number of halogens is 3. The molecule has 0 aliphatic carbocycles. The van der Waals surface area contributed by atoms with Crippen molar-refractivity contribution < 1.29 is 41.9 Å². The summed E-state index contributed by atoms with van der Waals surface area (Å²) in [7, 11) is -4.83. The number of hydrogen-bond donors (Lipinski definition) is 4. The molecule has 2 rings (SSSR count). The van der Waals surface area contributed by atoms with Crippen molar-refractivity contribution in [3.63, 3.8) is 0 Å². The summed E-state index contributed by atoms with van der Waals surface area (Å²) in [6.07, 6.45) is -1.14. The van der Waals surface area contributed by atoms with E-state index in [-0.39, 0.29) is 17.9 Å². The Labute approximate surface area is 183 Å². The van der Waals surface area contributed by atoms with Crippen molar-refractivity contribution in [2.24, 2.45) is 5.73 Å². The molecule has 0 aliphatic heterocycles. The molecule has 0 radical (unpaired) electrons. The molecule has 0 fully saturated rings. The number of nitrogens with two attached hydrogens (primary N) is 1. The zero-order chi connectivity index (χ0) is 23.8. The van der Waals surface area contributed by atoms with Gasteiger partial charge in [-0.15, -0.1) is 0 Å². The molecule has 0 heterocycles. The number of phosphoric acid groups is 1. The lowest BCUT2D eigenvalue weighted by molar-refractivity contribution is -0.139. The minimum absolute atomic E-state index is 0.100. The minimum atomic E-state index is -4.83. The van der Waals surface area contributed by atoms with E-state index >= 15 is 0 Å². The number of aliphatic hydroxyl groups is 1. The monoisotopic (exact) mass is 475 g/mol. The van der Waals surface area contributed by atoms with Gasteiger partial charge in [0.2, 0.25) is 0 Å². The Kier molecular flexibility index (Phi) is 9.03. The summed E-state index contributed by atoms with van der Waals surface area (Å²) in [5, 5.41) is 9.38. The molecule has 7 nitrogen and oxygen atoms in total. The number of aryl methyl sites for hydroxylation is 1. The third-order valence-electron chi connectivity index (χ3n) is 4.42. The highest BCUT2D eigenvalue weighted by atomic mass is 31.2. The maximum absolute atomic E-state index is 13.5. The van der Waals surface area contributed by atoms with Gasteiger partial charge in [0, 0.05) is 0 Å². The van der Waals surface area contributed by atoms with E-state index < -0.39 is 38.3 Å². The smallest absolute Gasteiger partial charge is 0.469 e. The predicted octanol–water partition coefficient (Wildman–Crippen LogP) is 3.53. The van der Waals surface area contributed by atoms with Crippen molar-refractivity contribution in [2.45, 2.75) is 24.6 Å². The summed E-state index contributed by atoms with van der Waals surface area (Å²) in [5.41, 5.74) is 4.27. The van der Waals surface area contributed by atoms with E-state index in [0.29, 0.717) is 12.8 Å². The molecule has 0 spiro atoms. The SMILES string of the molecule is NC(/C=C/c1ccc(OCCCc2ccccc2)c(C(F)(F)F)c1)(CO)COP(=O)(O)O. The molecule has 11 heteroatoms. The van der Waals surface area contributed by atoms with E-state index in [1.807, 2.05) is 30.3 Å². The lowest BCUT2D eigenvalue weighted by atomic mass is 10.0. The third kappa shape index (κ3) is 8.74. The van der Waals surface area contributed by atoms with E-state index in [2.05, 4.69) is 4.52 Å². The van der Waals surface area contributed by atoms with Crippen LogP contribution in [-0.2, 0) is 21.7 Å². The molecular weight excluding hydrogens is 450 g/mol. The van der Waals surface area contributed by atoms with Crippen LogP contribution in [0.4, 0.5) is 13.2 Å². The number of ether oxygens (including phenoxy) is 1. The van der Waals surface area contributed by atoms with Gasteiger partial charge in [0.15, 0.2) is 0 Å². The number of benzene rings is 2. The second kappa shape index (κ2) is 11.1. The minimum Gasteiger partial charge on any atom is -0.493 e. The van der Waals surface area contributed by atoms with Crippen LogP contribution in [0.15, 0.2) is 54.6 Å². The molecule has 0 aromatic heterocycles. The van der Waals surface area contributed by atoms with Crippen LogP contribution in [0.1, 0.15) is 23.1 Å². The van der Waals surface area contributed by atoms with Gasteiger partial charge in [-0.25, -0.2) is 4.57 Å². The normalized spacial score (nSPS) is 14.5. The number of alkyl halides is 3. The Balaban J connectivity index is 2.10. The van der Waals surface area contributed by atoms with Gasteiger partial charge < -0.3 is 25.4 Å². The van der Waals surface area contributed by atoms with Gasteiger partial charge in [-0.2, -0.15) is 13.2 Å². The number of rotatable bonds is 11. The highest BCUT2D eigenvalue weighted by Crippen LogP contribution is 2.38. The molecule has 176 valence electrons. The largest absolute Gasteiger partial charge is 0.493 e. The Hall–Kier alpha value is -2.20. The topological polar surface area (TPSA) is 122 Å². The van der Waals surface area contributed by atoms with Crippen molar-refractivity contribution in [1.82, 2.24) is 0 Å². The molecule has 2 aromatic rings. The summed E-state index contributed by atoms with van der Waals surface area (Å²) in [4.78, 5) is 17.5. The first-order valence-corrected chi connectivity index (χ1v) is 11.1. The van der Waals surface area contributed by atoms with Crippen molar-refractivity contribution in [3.05, 3.63) is 71.3 Å². The third-order valence-corrected chi connectivity index (χ3v) is 4.89. The van der Waals surface area contributed by atoms with Crippen LogP contribution < -0.4 is 10.5 Å². The predicted molar refractivity (Wildman–Crippen MR) is 113 cm³/mol. The van der Waals surface area contributed by atoms with Gasteiger partial charge in [-0.3, -0.25) is 4.52 Å². The average molecular weight is 475 g/mol. The van der Waals surface area contributed by atoms with Crippen LogP contribution in [0.3, 0.4) is 0 Å². The lowest BCUT2D eigenvalue weighted by Crippen LogP contribution is -2.45. The van der Waals surface area contributed by atoms with Crippen LogP contribution in [0.2, 0.25) is 0 Å². The highest BCUT2D eigenvalue weighted by molar-refractivity contribution is 7.46. The Morgan fingerprint density at radius 3 is 2.38 bits per heavy atom. The van der Waals surface area contributed by atoms with Gasteiger partial charge in [0.1, 0.15) is 5.75 Å². The van der Waals surface area contributed by atoms with Crippen LogP contribution in [0.5, 0.6) is 5.75 Å². The van der Waals surface area contributed by atoms with Crippen molar-refractivity contribution in [2.75, 3.05) is 19.8 Å². The Morgan fingerprint density at radius 2 is 1.78 bits per heavy atom. The van der Waals surface area contributed by atoms with Crippen molar-refractivity contribution in [3.8, 4) is 5.75 Å². The fourth-order valence-electron chi connectivity index (χ4n) is 2.71. The molecule has 0 amide bonds. The zero-order valence-electron chi connectivity index (χ0n) is 17.0. The van der Waals surface area contributed by atoms with E-state index in [4.69, 9.17) is 20.3 Å². The molecule has 1 atom stereocenters. The maximum Gasteiger partial charge on any atom is 0.469 e. The van der Waals surface area contributed by atoms with Crippen LogP contribution in [-0.4, -0.2) is 40.3 Å². The summed E-state index contributed by atoms with van der Waals surface area (Å²) in [5.74, 6) is -0.311. The second-order valence-electron chi connectivity index (χ2n) is 7.18. The van der Waals surface area contributed by atoms with Gasteiger partial charge in [0.25, 0.3) is 0 Å². The fourth-order valence-corrected chi connectivity index (χ4v) is 3.12. The number of phosphoric ester groups is 1. The first kappa shape index (κ1) is 26.1. The van der Waals surface area contributed by atoms with Gasteiger partial charge >= 0.3 is 14.0 Å². The van der Waals surface area contributed by atoms with Crippen LogP contribution >= 0.6 is 7.82 Å². The first-order valence-electron chi connectivity index (χ1n) is 9.59. The molecule has 1 unspecified atom stereocenters. The fraction of sp³-hybridized carbons (Fsp3) is 0.333. The standard InChI is InChI=1S/C21H25F3NO6P/c22-21(23,24)18-13-17(10-11-20(25,14-26)15-31-32(27,28)29)8-9-19(18)30-12-4-7-16-5-2-1-3-6-16/h1-3,5-6,8-11,13,26H,4,7,12,14-15,25H2,(H2,27,28,29)/b11-10+. The van der Waals surface area contributed by atoms with E-state index in [1.165, 1.54) is 18.2 Å². The average Bonchev–Trinajstić information content (AvgIpc) is 2.74. The van der Waals surface area contributed by atoms with Gasteiger partial charge in [-0.1, -0.05) is 48.6 Å². The molecule has 32 heavy (non-hydrogen) atoms. The second-order valence-corrected chi connectivity index (χ2v) is 8.42. The zero-order valence-corrected chi connectivity index (χ0v) is 17.9. The first-order chi connectivity index (χ1) is 14.9. The summed E-state index contributed by atoms with van der Waals surface area (Å²) in [6, 6.07) is 12.9. The number of aliphatic hydroxyl groups excluding tert-OH is 1. The van der Waals surface area contributed by atoms with Crippen molar-refractivity contribution >= 4 is 13.9 Å². The molecule has 0 saturated carbocycles. The van der Waals surface area contributed by atoms with E-state index in [0.717, 1.165) is 17.7 Å². The van der Waals surface area contributed by atoms with Crippen LogP contribution in [0.25, 0.3) is 6.08 Å². The van der Waals surface area contributed by atoms with E-state index in [9.17, 15) is 22.8 Å². The Bertz CT molecular complexity index is 948. The summed E-state index contributed by atoms with van der Waals surface area (Å²) >= 11 is 0. The molecule has 5 N–H and O–H groups in total. The summed E-state index contributed by atoms with van der Waals surface area (Å²) in [6.45, 7) is -1.39. The quantitative estimate of drug-likeness (QED) is 0.290. The Morgan fingerprint density at radius 1 is 1.09 bits per heavy atom. The van der Waals surface area contributed by atoms with Gasteiger partial charge in [0.05, 0.1) is 30.9 Å². The van der Waals surface area contributed by atoms with Crippen LogP contribution in [0, 0.1) is 0 Å².